The molecule has 1 aliphatic heterocycles. The number of nitrogens with zero attached hydrogens (tertiary/aromatic N) is 2. The summed E-state index contributed by atoms with van der Waals surface area (Å²) in [6.07, 6.45) is 13.4. The molecule has 4 amide bonds. The molecule has 0 aromatic carbocycles. The monoisotopic (exact) mass is 611 g/mol. The number of likely N-dealkylation sites (tertiary alicyclic amines) is 1. The summed E-state index contributed by atoms with van der Waals surface area (Å²) >= 11 is 0. The molecule has 2 aliphatic carbocycles. The molecule has 1 heterocycles. The molecule has 4 N–H and O–H groups in total. The van der Waals surface area contributed by atoms with Gasteiger partial charge in [-0.1, -0.05) is 44.8 Å². The van der Waals surface area contributed by atoms with E-state index in [2.05, 4.69) is 22.9 Å². The van der Waals surface area contributed by atoms with E-state index >= 15 is 0 Å². The molecular weight excluding hydrogens is 562 g/mol. The SMILES string of the molecule is CCCCCC/C=C\C1C[C@]1(NC(=O)[C@@H]1CCCN1C(=O)CNC(=O)NC(CN(C)S(=O)(=O)CC)C1CCC1)C(=O)O. The lowest BCUT2D eigenvalue weighted by molar-refractivity contribution is -0.145. The van der Waals surface area contributed by atoms with E-state index in [-0.39, 0.29) is 36.7 Å². The predicted octanol–water partition coefficient (Wildman–Crippen LogP) is 2.21. The summed E-state index contributed by atoms with van der Waals surface area (Å²) in [5, 5.41) is 18.0. The third kappa shape index (κ3) is 8.68. The van der Waals surface area contributed by atoms with Crippen molar-refractivity contribution in [1.82, 2.24) is 25.2 Å². The first-order valence-corrected chi connectivity index (χ1v) is 17.1. The summed E-state index contributed by atoms with van der Waals surface area (Å²) in [5.41, 5.74) is -1.35. The number of hydrogen-bond acceptors (Lipinski definition) is 6. The molecule has 12 nitrogen and oxygen atoms in total. The Labute approximate surface area is 250 Å². The van der Waals surface area contributed by atoms with Gasteiger partial charge in [-0.2, -0.15) is 0 Å². The van der Waals surface area contributed by atoms with Gasteiger partial charge in [0.25, 0.3) is 0 Å². The Morgan fingerprint density at radius 3 is 2.45 bits per heavy atom. The molecule has 0 spiro atoms. The average molecular weight is 612 g/mol. The number of likely N-dealkylation sites (N-methyl/N-ethyl adjacent to an activating group) is 1. The Bertz CT molecular complexity index is 1110. The van der Waals surface area contributed by atoms with Gasteiger partial charge in [-0.15, -0.1) is 0 Å². The first kappa shape index (κ1) is 33.8. The zero-order valence-electron chi connectivity index (χ0n) is 25.3. The van der Waals surface area contributed by atoms with Gasteiger partial charge in [0.1, 0.15) is 11.6 Å². The number of aliphatic carboxylic acids is 1. The maximum atomic E-state index is 13.2. The predicted molar refractivity (Wildman–Crippen MR) is 159 cm³/mol. The number of carbonyl (C=O) groups excluding carboxylic acids is 3. The van der Waals surface area contributed by atoms with Gasteiger partial charge in [0.05, 0.1) is 12.3 Å². The van der Waals surface area contributed by atoms with Gasteiger partial charge in [-0.25, -0.2) is 22.3 Å². The average Bonchev–Trinajstić information content (AvgIpc) is 3.38. The van der Waals surface area contributed by atoms with Crippen LogP contribution in [0.3, 0.4) is 0 Å². The summed E-state index contributed by atoms with van der Waals surface area (Å²) in [6, 6.07) is -1.75. The molecule has 1 saturated heterocycles. The van der Waals surface area contributed by atoms with Crippen molar-refractivity contribution >= 4 is 33.8 Å². The number of carboxylic acids is 1. The molecule has 42 heavy (non-hydrogen) atoms. The number of carbonyl (C=O) groups is 4. The van der Waals surface area contributed by atoms with Gasteiger partial charge in [-0.3, -0.25) is 9.59 Å². The molecule has 0 aromatic heterocycles. The van der Waals surface area contributed by atoms with E-state index in [4.69, 9.17) is 0 Å². The van der Waals surface area contributed by atoms with Crippen LogP contribution in [0.2, 0.25) is 0 Å². The number of hydrogen-bond donors (Lipinski definition) is 4. The van der Waals surface area contributed by atoms with Gasteiger partial charge in [0.15, 0.2) is 0 Å². The standard InChI is InChI=1S/C29H49N5O7S/c1-4-6-7-8-9-10-15-22-18-29(22,27(37)38)32-26(36)24-16-12-17-34(24)25(35)19-30-28(39)31-23(21-13-11-14-21)20-33(3)42(40,41)5-2/h10,15,21-24H,4-9,11-14,16-20H2,1-3H3,(H,32,36)(H,37,38)(H2,30,31,39)/b15-10-/t22?,23?,24-,29+/m0/s1. The number of amides is 4. The highest BCUT2D eigenvalue weighted by atomic mass is 32.2. The van der Waals surface area contributed by atoms with E-state index in [1.54, 1.807) is 6.92 Å². The fourth-order valence-electron chi connectivity index (χ4n) is 5.80. The van der Waals surface area contributed by atoms with E-state index in [0.717, 1.165) is 44.9 Å². The number of allylic oxidation sites excluding steroid dienone is 1. The highest BCUT2D eigenvalue weighted by Gasteiger charge is 2.61. The van der Waals surface area contributed by atoms with Crippen molar-refractivity contribution < 1.29 is 32.7 Å². The quantitative estimate of drug-likeness (QED) is 0.145. The molecule has 2 saturated carbocycles. The molecule has 0 aromatic rings. The summed E-state index contributed by atoms with van der Waals surface area (Å²) in [6.45, 7) is 3.88. The zero-order valence-corrected chi connectivity index (χ0v) is 26.1. The van der Waals surface area contributed by atoms with Crippen molar-refractivity contribution in [3.63, 3.8) is 0 Å². The summed E-state index contributed by atoms with van der Waals surface area (Å²) in [7, 11) is -1.91. The minimum absolute atomic E-state index is 0.0315. The van der Waals surface area contributed by atoms with Crippen molar-refractivity contribution in [2.24, 2.45) is 11.8 Å². The van der Waals surface area contributed by atoms with Gasteiger partial charge in [0.2, 0.25) is 21.8 Å². The van der Waals surface area contributed by atoms with Gasteiger partial charge >= 0.3 is 12.0 Å². The summed E-state index contributed by atoms with van der Waals surface area (Å²) in [4.78, 5) is 52.4. The molecule has 3 aliphatic rings. The molecule has 2 unspecified atom stereocenters. The Morgan fingerprint density at radius 2 is 1.83 bits per heavy atom. The van der Waals surface area contributed by atoms with Crippen molar-refractivity contribution in [1.29, 1.82) is 0 Å². The lowest BCUT2D eigenvalue weighted by Gasteiger charge is -2.36. The van der Waals surface area contributed by atoms with Crippen LogP contribution in [0.25, 0.3) is 0 Å². The number of carboxylic acid groups (broad SMARTS) is 1. The third-order valence-electron chi connectivity index (χ3n) is 8.94. The van der Waals surface area contributed by atoms with Gasteiger partial charge < -0.3 is 26.0 Å². The highest BCUT2D eigenvalue weighted by molar-refractivity contribution is 7.89. The minimum Gasteiger partial charge on any atom is -0.479 e. The first-order chi connectivity index (χ1) is 19.9. The maximum absolute atomic E-state index is 13.2. The van der Waals surface area contributed by atoms with Crippen LogP contribution in [-0.2, 0) is 24.4 Å². The van der Waals surface area contributed by atoms with Crippen molar-refractivity contribution in [3.8, 4) is 0 Å². The van der Waals surface area contributed by atoms with Crippen LogP contribution in [0, 0.1) is 11.8 Å². The number of sulfonamides is 1. The van der Waals surface area contributed by atoms with Crippen LogP contribution >= 0.6 is 0 Å². The Kier molecular flexibility index (Phi) is 12.2. The fourth-order valence-corrected chi connectivity index (χ4v) is 6.62. The lowest BCUT2D eigenvalue weighted by Crippen LogP contribution is -2.56. The molecular formula is C29H49N5O7S. The van der Waals surface area contributed by atoms with Crippen LogP contribution in [0.4, 0.5) is 4.79 Å². The number of rotatable bonds is 17. The highest BCUT2D eigenvalue weighted by Crippen LogP contribution is 2.45. The molecule has 4 atom stereocenters. The van der Waals surface area contributed by atoms with Crippen LogP contribution < -0.4 is 16.0 Å². The number of unbranched alkanes of at least 4 members (excludes halogenated alkanes) is 4. The molecule has 238 valence electrons. The molecule has 3 rings (SSSR count). The van der Waals surface area contributed by atoms with Gasteiger partial charge in [-0.05, 0) is 57.8 Å². The molecule has 13 heteroatoms. The zero-order chi connectivity index (χ0) is 30.9. The van der Waals surface area contributed by atoms with Gasteiger partial charge in [0, 0.05) is 32.1 Å². The fraction of sp³-hybridized carbons (Fsp3) is 0.793. The second-order valence-electron chi connectivity index (χ2n) is 11.9. The van der Waals surface area contributed by atoms with E-state index < -0.39 is 45.4 Å². The Morgan fingerprint density at radius 1 is 1.10 bits per heavy atom. The molecule has 3 fully saturated rings. The Balaban J connectivity index is 1.50. The summed E-state index contributed by atoms with van der Waals surface area (Å²) < 4.78 is 25.7. The van der Waals surface area contributed by atoms with Crippen LogP contribution in [0.1, 0.15) is 84.5 Å². The van der Waals surface area contributed by atoms with E-state index in [1.165, 1.54) is 22.7 Å². The van der Waals surface area contributed by atoms with Crippen LogP contribution in [-0.4, -0.2) is 96.6 Å². The minimum atomic E-state index is -3.40. The number of nitrogens with one attached hydrogen (secondary N) is 3. The smallest absolute Gasteiger partial charge is 0.330 e. The summed E-state index contributed by atoms with van der Waals surface area (Å²) in [5.74, 6) is -2.15. The third-order valence-corrected chi connectivity index (χ3v) is 10.8. The largest absolute Gasteiger partial charge is 0.479 e. The van der Waals surface area contributed by atoms with Crippen LogP contribution in [0.15, 0.2) is 12.2 Å². The molecule has 0 bridgehead atoms. The maximum Gasteiger partial charge on any atom is 0.330 e. The Hall–Kier alpha value is -2.67. The number of urea groups is 1. The second-order valence-corrected chi connectivity index (χ2v) is 14.3. The van der Waals surface area contributed by atoms with E-state index in [9.17, 15) is 32.7 Å². The van der Waals surface area contributed by atoms with Crippen molar-refractivity contribution in [2.45, 2.75) is 102 Å². The van der Waals surface area contributed by atoms with Crippen molar-refractivity contribution in [2.75, 3.05) is 32.4 Å². The first-order valence-electron chi connectivity index (χ1n) is 15.4. The lowest BCUT2D eigenvalue weighted by atomic mass is 9.79. The van der Waals surface area contributed by atoms with Crippen molar-refractivity contribution in [3.05, 3.63) is 12.2 Å². The topological polar surface area (TPSA) is 165 Å². The van der Waals surface area contributed by atoms with E-state index in [0.29, 0.717) is 25.8 Å². The molecule has 0 radical (unpaired) electrons. The second kappa shape index (κ2) is 15.2. The normalized spacial score (nSPS) is 24.8. The van der Waals surface area contributed by atoms with Crippen LogP contribution in [0.5, 0.6) is 0 Å². The van der Waals surface area contributed by atoms with E-state index in [1.807, 2.05) is 12.2 Å².